The summed E-state index contributed by atoms with van der Waals surface area (Å²) < 4.78 is 0. The normalized spacial score (nSPS) is 14.9. The highest BCUT2D eigenvalue weighted by molar-refractivity contribution is 5.92. The van der Waals surface area contributed by atoms with Crippen molar-refractivity contribution in [3.63, 3.8) is 0 Å². The number of carbonyl (C=O) groups is 1. The van der Waals surface area contributed by atoms with Gasteiger partial charge in [0, 0.05) is 24.2 Å². The van der Waals surface area contributed by atoms with Gasteiger partial charge in [0.1, 0.15) is 5.69 Å². The van der Waals surface area contributed by atoms with Gasteiger partial charge in [0.15, 0.2) is 0 Å². The second-order valence-corrected chi connectivity index (χ2v) is 6.66. The fourth-order valence-electron chi connectivity index (χ4n) is 2.65. The van der Waals surface area contributed by atoms with Gasteiger partial charge in [-0.05, 0) is 23.6 Å². The van der Waals surface area contributed by atoms with E-state index in [1.165, 1.54) is 11.1 Å². The minimum atomic E-state index is -0.0278. The minimum absolute atomic E-state index is 0.0104. The van der Waals surface area contributed by atoms with Crippen molar-refractivity contribution in [2.45, 2.75) is 39.2 Å². The van der Waals surface area contributed by atoms with Crippen LogP contribution in [0.2, 0.25) is 0 Å². The van der Waals surface area contributed by atoms with Crippen LogP contribution in [0.15, 0.2) is 30.3 Å². The molecule has 0 saturated heterocycles. The molecule has 21 heavy (non-hydrogen) atoms. The Kier molecular flexibility index (Phi) is 3.32. The molecule has 4 nitrogen and oxygen atoms in total. The highest BCUT2D eigenvalue weighted by Crippen LogP contribution is 2.23. The zero-order valence-electron chi connectivity index (χ0n) is 12.8. The number of rotatable bonds is 1. The van der Waals surface area contributed by atoms with E-state index in [1.807, 2.05) is 17.0 Å². The summed E-state index contributed by atoms with van der Waals surface area (Å²) in [5, 5.41) is 7.18. The Morgan fingerprint density at radius 2 is 1.95 bits per heavy atom. The molecule has 2 heterocycles. The number of nitrogens with zero attached hydrogens (tertiary/aromatic N) is 2. The summed E-state index contributed by atoms with van der Waals surface area (Å²) in [5.41, 5.74) is 4.06. The van der Waals surface area contributed by atoms with Gasteiger partial charge in [0.25, 0.3) is 5.91 Å². The number of aromatic amines is 1. The molecule has 1 aliphatic rings. The van der Waals surface area contributed by atoms with E-state index in [0.717, 1.165) is 18.7 Å². The zero-order chi connectivity index (χ0) is 15.0. The number of amides is 1. The lowest BCUT2D eigenvalue weighted by Crippen LogP contribution is -2.36. The molecule has 0 radical (unpaired) electrons. The van der Waals surface area contributed by atoms with E-state index in [4.69, 9.17) is 0 Å². The summed E-state index contributed by atoms with van der Waals surface area (Å²) in [6.45, 7) is 7.74. The molecule has 1 amide bonds. The smallest absolute Gasteiger partial charge is 0.274 e. The van der Waals surface area contributed by atoms with Crippen LogP contribution in [-0.2, 0) is 18.4 Å². The van der Waals surface area contributed by atoms with Gasteiger partial charge in [-0.1, -0.05) is 45.0 Å². The highest BCUT2D eigenvalue weighted by atomic mass is 16.2. The Morgan fingerprint density at radius 1 is 1.24 bits per heavy atom. The van der Waals surface area contributed by atoms with Crippen molar-refractivity contribution in [3.8, 4) is 0 Å². The summed E-state index contributed by atoms with van der Waals surface area (Å²) >= 11 is 0. The average molecular weight is 283 g/mol. The Balaban J connectivity index is 1.79. The van der Waals surface area contributed by atoms with Gasteiger partial charge in [0.2, 0.25) is 0 Å². The van der Waals surface area contributed by atoms with Gasteiger partial charge < -0.3 is 4.90 Å². The molecule has 110 valence electrons. The molecular formula is C17H21N3O. The van der Waals surface area contributed by atoms with Crippen molar-refractivity contribution >= 4 is 5.91 Å². The average Bonchev–Trinajstić information content (AvgIpc) is 2.96. The predicted octanol–water partition coefficient (Wildman–Crippen LogP) is 2.91. The van der Waals surface area contributed by atoms with Crippen LogP contribution in [-0.4, -0.2) is 27.5 Å². The van der Waals surface area contributed by atoms with Crippen LogP contribution in [0.5, 0.6) is 0 Å². The fourth-order valence-corrected chi connectivity index (χ4v) is 2.65. The van der Waals surface area contributed by atoms with Crippen molar-refractivity contribution < 1.29 is 4.79 Å². The van der Waals surface area contributed by atoms with E-state index in [1.54, 1.807) is 0 Å². The summed E-state index contributed by atoms with van der Waals surface area (Å²) in [7, 11) is 0. The van der Waals surface area contributed by atoms with E-state index in [0.29, 0.717) is 12.2 Å². The maximum Gasteiger partial charge on any atom is 0.274 e. The summed E-state index contributed by atoms with van der Waals surface area (Å²) in [6, 6.07) is 10.2. The second kappa shape index (κ2) is 5.02. The highest BCUT2D eigenvalue weighted by Gasteiger charge is 2.25. The number of hydrogen-bond acceptors (Lipinski definition) is 2. The molecule has 4 heteroatoms. The standard InChI is InChI=1S/C17H21N3O/c1-17(2,3)15-10-14(18-19-15)16(21)20-9-8-12-6-4-5-7-13(12)11-20/h4-7,10H,8-9,11H2,1-3H3,(H,18,19). The molecule has 0 unspecified atom stereocenters. The monoisotopic (exact) mass is 283 g/mol. The molecule has 0 aliphatic carbocycles. The second-order valence-electron chi connectivity index (χ2n) is 6.66. The fraction of sp³-hybridized carbons (Fsp3) is 0.412. The zero-order valence-corrected chi connectivity index (χ0v) is 12.8. The lowest BCUT2D eigenvalue weighted by atomic mass is 9.92. The number of fused-ring (bicyclic) bond motifs is 1. The lowest BCUT2D eigenvalue weighted by molar-refractivity contribution is 0.0728. The molecular weight excluding hydrogens is 262 g/mol. The third kappa shape index (κ3) is 2.71. The molecule has 1 N–H and O–H groups in total. The maximum atomic E-state index is 12.6. The van der Waals surface area contributed by atoms with E-state index in [9.17, 15) is 4.79 Å². The van der Waals surface area contributed by atoms with Crippen LogP contribution in [0.4, 0.5) is 0 Å². The van der Waals surface area contributed by atoms with Crippen LogP contribution >= 0.6 is 0 Å². The van der Waals surface area contributed by atoms with E-state index in [2.05, 4.69) is 49.2 Å². The quantitative estimate of drug-likeness (QED) is 0.875. The van der Waals surface area contributed by atoms with Gasteiger partial charge in [-0.3, -0.25) is 9.89 Å². The van der Waals surface area contributed by atoms with Crippen molar-refractivity contribution in [1.29, 1.82) is 0 Å². The van der Waals surface area contributed by atoms with Crippen LogP contribution in [0.25, 0.3) is 0 Å². The number of H-pyrrole nitrogens is 1. The van der Waals surface area contributed by atoms with Crippen molar-refractivity contribution in [2.24, 2.45) is 0 Å². The van der Waals surface area contributed by atoms with Gasteiger partial charge in [-0.25, -0.2) is 0 Å². The maximum absolute atomic E-state index is 12.6. The predicted molar refractivity (Wildman–Crippen MR) is 82.2 cm³/mol. The Bertz CT molecular complexity index is 667. The Labute approximate surface area is 125 Å². The van der Waals surface area contributed by atoms with Crippen LogP contribution in [0.3, 0.4) is 0 Å². The molecule has 0 saturated carbocycles. The van der Waals surface area contributed by atoms with Crippen molar-refractivity contribution in [2.75, 3.05) is 6.54 Å². The number of carbonyl (C=O) groups excluding carboxylic acids is 1. The lowest BCUT2D eigenvalue weighted by Gasteiger charge is -2.28. The van der Waals surface area contributed by atoms with Crippen molar-refractivity contribution in [3.05, 3.63) is 52.8 Å². The number of aromatic nitrogens is 2. The number of nitrogens with one attached hydrogen (secondary N) is 1. The first kappa shape index (κ1) is 13.9. The molecule has 0 atom stereocenters. The van der Waals surface area contributed by atoms with Gasteiger partial charge in [-0.2, -0.15) is 5.10 Å². The van der Waals surface area contributed by atoms with Gasteiger partial charge in [0.05, 0.1) is 0 Å². The summed E-state index contributed by atoms with van der Waals surface area (Å²) in [5.74, 6) is 0.0104. The first-order chi connectivity index (χ1) is 9.95. The Hall–Kier alpha value is -2.10. The molecule has 0 bridgehead atoms. The largest absolute Gasteiger partial charge is 0.333 e. The summed E-state index contributed by atoms with van der Waals surface area (Å²) in [4.78, 5) is 14.5. The molecule has 1 aromatic heterocycles. The van der Waals surface area contributed by atoms with Gasteiger partial charge >= 0.3 is 0 Å². The first-order valence-electron chi connectivity index (χ1n) is 7.37. The summed E-state index contributed by atoms with van der Waals surface area (Å²) in [6.07, 6.45) is 0.915. The van der Waals surface area contributed by atoms with Crippen molar-refractivity contribution in [1.82, 2.24) is 15.1 Å². The molecule has 2 aromatic rings. The van der Waals surface area contributed by atoms with Crippen LogP contribution < -0.4 is 0 Å². The van der Waals surface area contributed by atoms with Crippen LogP contribution in [0, 0.1) is 0 Å². The Morgan fingerprint density at radius 3 is 2.62 bits per heavy atom. The first-order valence-corrected chi connectivity index (χ1v) is 7.37. The van der Waals surface area contributed by atoms with E-state index in [-0.39, 0.29) is 11.3 Å². The topological polar surface area (TPSA) is 49.0 Å². The third-order valence-electron chi connectivity index (χ3n) is 4.02. The molecule has 1 aliphatic heterocycles. The molecule has 0 spiro atoms. The van der Waals surface area contributed by atoms with E-state index >= 15 is 0 Å². The van der Waals surface area contributed by atoms with Gasteiger partial charge in [-0.15, -0.1) is 0 Å². The third-order valence-corrected chi connectivity index (χ3v) is 4.02. The number of hydrogen-bond donors (Lipinski definition) is 1. The van der Waals surface area contributed by atoms with E-state index < -0.39 is 0 Å². The van der Waals surface area contributed by atoms with Crippen LogP contribution in [0.1, 0.15) is 48.1 Å². The minimum Gasteiger partial charge on any atom is -0.333 e. The number of benzene rings is 1. The molecule has 3 rings (SSSR count). The SMILES string of the molecule is CC(C)(C)c1cc(C(=O)N2CCc3ccccc3C2)n[nH]1. The molecule has 1 aromatic carbocycles. The molecule has 0 fully saturated rings.